The van der Waals surface area contributed by atoms with Crippen molar-refractivity contribution >= 4 is 17.5 Å². The molecule has 2 aliphatic heterocycles. The van der Waals surface area contributed by atoms with Gasteiger partial charge in [-0.05, 0) is 75.7 Å². The van der Waals surface area contributed by atoms with Gasteiger partial charge in [-0.2, -0.15) is 0 Å². The standard InChI is InChI=1S/C28H36O6/c1-13-11-19(33-25(31)14(13)2)15(3)16-8-9-17-22-18(12-21(30)26(16,17)4)27(5)20(29)7-6-10-28(27,32)24-23(22)34-24/h6-7,15-19,22-24,32H,8-12H2,1-5H3/t15-,16+,17-,18-,19-,22-,23-,24-,26+,27-,28-/m0/s1. The zero-order valence-corrected chi connectivity index (χ0v) is 20.8. The zero-order chi connectivity index (χ0) is 24.4. The fraction of sp³-hybridized carbons (Fsp3) is 0.750. The Hall–Kier alpha value is -1.79. The summed E-state index contributed by atoms with van der Waals surface area (Å²) in [4.78, 5) is 39.7. The average molecular weight is 469 g/mol. The van der Waals surface area contributed by atoms with Crippen LogP contribution in [-0.2, 0) is 23.9 Å². The van der Waals surface area contributed by atoms with Gasteiger partial charge >= 0.3 is 5.97 Å². The third-order valence-electron chi connectivity index (χ3n) is 11.4. The second-order valence-corrected chi connectivity index (χ2v) is 12.4. The molecule has 6 heteroatoms. The number of hydrogen-bond donors (Lipinski definition) is 1. The number of epoxide rings is 1. The maximum atomic E-state index is 14.0. The molecule has 6 rings (SSSR count). The molecule has 1 saturated heterocycles. The van der Waals surface area contributed by atoms with Gasteiger partial charge in [0, 0.05) is 23.8 Å². The van der Waals surface area contributed by atoms with E-state index in [0.717, 1.165) is 24.8 Å². The van der Waals surface area contributed by atoms with Gasteiger partial charge in [0.2, 0.25) is 0 Å². The first-order valence-corrected chi connectivity index (χ1v) is 13.0. The average Bonchev–Trinajstić information content (AvgIpc) is 3.51. The van der Waals surface area contributed by atoms with E-state index in [2.05, 4.69) is 13.8 Å². The molecule has 0 radical (unpaired) electrons. The predicted molar refractivity (Wildman–Crippen MR) is 123 cm³/mol. The Morgan fingerprint density at radius 1 is 1.09 bits per heavy atom. The Labute approximate surface area is 201 Å². The van der Waals surface area contributed by atoms with Crippen LogP contribution in [0.2, 0.25) is 0 Å². The number of allylic oxidation sites excluding steroid dienone is 1. The van der Waals surface area contributed by atoms with E-state index in [4.69, 9.17) is 9.47 Å². The van der Waals surface area contributed by atoms with E-state index in [0.29, 0.717) is 18.4 Å². The molecule has 11 atom stereocenters. The minimum absolute atomic E-state index is 0.0637. The number of fused-ring (bicyclic) bond motifs is 8. The lowest BCUT2D eigenvalue weighted by atomic mass is 9.43. The summed E-state index contributed by atoms with van der Waals surface area (Å²) in [5.74, 6) is 0.0467. The monoisotopic (exact) mass is 468 g/mol. The number of carbonyl (C=O) groups excluding carboxylic acids is 3. The van der Waals surface area contributed by atoms with Gasteiger partial charge in [-0.3, -0.25) is 9.59 Å². The summed E-state index contributed by atoms with van der Waals surface area (Å²) in [6.45, 7) is 9.94. The molecule has 0 aromatic heterocycles. The molecule has 3 saturated carbocycles. The van der Waals surface area contributed by atoms with Crippen molar-refractivity contribution in [3.05, 3.63) is 23.3 Å². The Bertz CT molecular complexity index is 1060. The Morgan fingerprint density at radius 2 is 1.82 bits per heavy atom. The van der Waals surface area contributed by atoms with E-state index in [1.54, 1.807) is 12.2 Å². The molecule has 0 spiro atoms. The fourth-order valence-corrected chi connectivity index (χ4v) is 9.04. The van der Waals surface area contributed by atoms with Gasteiger partial charge in [0.1, 0.15) is 23.6 Å². The van der Waals surface area contributed by atoms with Crippen molar-refractivity contribution < 1.29 is 29.0 Å². The molecule has 1 N–H and O–H groups in total. The summed E-state index contributed by atoms with van der Waals surface area (Å²) in [5, 5.41) is 11.7. The van der Waals surface area contributed by atoms with Crippen LogP contribution < -0.4 is 0 Å². The molecule has 0 amide bonds. The Kier molecular flexibility index (Phi) is 4.60. The van der Waals surface area contributed by atoms with E-state index >= 15 is 0 Å². The van der Waals surface area contributed by atoms with Crippen LogP contribution in [0.25, 0.3) is 0 Å². The quantitative estimate of drug-likeness (QED) is 0.492. The van der Waals surface area contributed by atoms with Gasteiger partial charge in [0.25, 0.3) is 0 Å². The highest BCUT2D eigenvalue weighted by atomic mass is 16.6. The van der Waals surface area contributed by atoms with Crippen LogP contribution in [-0.4, -0.2) is 46.6 Å². The van der Waals surface area contributed by atoms with Crippen molar-refractivity contribution in [3.63, 3.8) is 0 Å². The van der Waals surface area contributed by atoms with Crippen molar-refractivity contribution in [2.75, 3.05) is 0 Å². The van der Waals surface area contributed by atoms with Crippen molar-refractivity contribution in [3.8, 4) is 0 Å². The summed E-state index contributed by atoms with van der Waals surface area (Å²) in [6, 6.07) is 0. The number of Topliss-reactive ketones (excluding diaryl/α,β-unsaturated/α-hetero) is 1. The summed E-state index contributed by atoms with van der Waals surface area (Å²) in [5.41, 5.74) is -1.00. The molecule has 2 heterocycles. The second kappa shape index (κ2) is 6.91. The van der Waals surface area contributed by atoms with Gasteiger partial charge < -0.3 is 14.6 Å². The minimum Gasteiger partial charge on any atom is -0.458 e. The highest BCUT2D eigenvalue weighted by molar-refractivity contribution is 5.98. The molecule has 6 nitrogen and oxygen atoms in total. The first-order valence-electron chi connectivity index (χ1n) is 13.0. The van der Waals surface area contributed by atoms with Crippen LogP contribution in [0.5, 0.6) is 0 Å². The summed E-state index contributed by atoms with van der Waals surface area (Å²) < 4.78 is 12.0. The van der Waals surface area contributed by atoms with Gasteiger partial charge in [-0.25, -0.2) is 4.79 Å². The Balaban J connectivity index is 1.34. The lowest BCUT2D eigenvalue weighted by Crippen LogP contribution is -2.68. The van der Waals surface area contributed by atoms with Crippen LogP contribution >= 0.6 is 0 Å². The molecule has 4 aliphatic carbocycles. The highest BCUT2D eigenvalue weighted by Gasteiger charge is 2.78. The molecular formula is C28H36O6. The molecule has 4 fully saturated rings. The van der Waals surface area contributed by atoms with Gasteiger partial charge in [0.15, 0.2) is 5.78 Å². The maximum Gasteiger partial charge on any atom is 0.333 e. The fourth-order valence-electron chi connectivity index (χ4n) is 9.04. The molecule has 0 bridgehead atoms. The van der Waals surface area contributed by atoms with Crippen LogP contribution in [0.4, 0.5) is 0 Å². The molecule has 0 aromatic rings. The van der Waals surface area contributed by atoms with Crippen LogP contribution in [0, 0.1) is 40.4 Å². The lowest BCUT2D eigenvalue weighted by Gasteiger charge is -2.59. The number of carbonyl (C=O) groups is 3. The van der Waals surface area contributed by atoms with Gasteiger partial charge in [0.05, 0.1) is 11.5 Å². The van der Waals surface area contributed by atoms with E-state index < -0.39 is 16.4 Å². The van der Waals surface area contributed by atoms with Crippen molar-refractivity contribution in [2.24, 2.45) is 40.4 Å². The van der Waals surface area contributed by atoms with Gasteiger partial charge in [-0.15, -0.1) is 0 Å². The number of rotatable bonds is 2. The van der Waals surface area contributed by atoms with E-state index in [9.17, 15) is 19.5 Å². The van der Waals surface area contributed by atoms with Crippen molar-refractivity contribution in [1.82, 2.24) is 0 Å². The number of ketones is 2. The van der Waals surface area contributed by atoms with Crippen LogP contribution in [0.3, 0.4) is 0 Å². The first kappa shape index (κ1) is 22.7. The number of ether oxygens (including phenoxy) is 2. The Morgan fingerprint density at radius 3 is 2.53 bits per heavy atom. The second-order valence-electron chi connectivity index (χ2n) is 12.4. The smallest absolute Gasteiger partial charge is 0.333 e. The number of hydrogen-bond acceptors (Lipinski definition) is 6. The minimum atomic E-state index is -1.23. The maximum absolute atomic E-state index is 14.0. The largest absolute Gasteiger partial charge is 0.458 e. The third kappa shape index (κ3) is 2.52. The lowest BCUT2D eigenvalue weighted by molar-refractivity contribution is -0.184. The van der Waals surface area contributed by atoms with E-state index in [-0.39, 0.29) is 65.4 Å². The molecule has 184 valence electrons. The number of cyclic esters (lactones) is 1. The third-order valence-corrected chi connectivity index (χ3v) is 11.4. The number of esters is 1. The molecular weight excluding hydrogens is 432 g/mol. The summed E-state index contributed by atoms with van der Waals surface area (Å²) >= 11 is 0. The van der Waals surface area contributed by atoms with Crippen molar-refractivity contribution in [1.29, 1.82) is 0 Å². The van der Waals surface area contributed by atoms with Gasteiger partial charge in [-0.1, -0.05) is 25.5 Å². The molecule has 0 unspecified atom stereocenters. The zero-order valence-electron chi connectivity index (χ0n) is 20.8. The summed E-state index contributed by atoms with van der Waals surface area (Å²) in [7, 11) is 0. The highest BCUT2D eigenvalue weighted by Crippen LogP contribution is 2.71. The molecule has 0 aromatic carbocycles. The predicted octanol–water partition coefficient (Wildman–Crippen LogP) is 3.56. The van der Waals surface area contributed by atoms with E-state index in [1.807, 2.05) is 20.8 Å². The van der Waals surface area contributed by atoms with Crippen LogP contribution in [0.15, 0.2) is 23.3 Å². The molecule has 34 heavy (non-hydrogen) atoms. The summed E-state index contributed by atoms with van der Waals surface area (Å²) in [6.07, 6.45) is 5.93. The normalized spacial score (nSPS) is 52.4. The SMILES string of the molecule is CC1=C(C)C(=O)O[C@H]([C@@H](C)[C@H]2CC[C@H]3[C@@H]4[C@@H]5O[C@@H]5[C@@]5(O)CC=CC(=O)[C@]5(C)[C@H]4CC(=O)[C@]23C)C1. The number of aliphatic hydroxyl groups is 1. The van der Waals surface area contributed by atoms with Crippen LogP contribution in [0.1, 0.15) is 66.7 Å². The first-order chi connectivity index (χ1) is 16.0. The van der Waals surface area contributed by atoms with E-state index in [1.165, 1.54) is 0 Å². The van der Waals surface area contributed by atoms with Crippen molar-refractivity contribution in [2.45, 2.75) is 90.6 Å². The molecule has 6 aliphatic rings. The topological polar surface area (TPSA) is 93.2 Å².